The number of amides is 4. The molecule has 118 valence electrons. The highest BCUT2D eigenvalue weighted by Gasteiger charge is 2.29. The molecule has 0 aromatic carbocycles. The van der Waals surface area contributed by atoms with E-state index in [0.29, 0.717) is 13.1 Å². The normalized spacial score (nSPS) is 21.0. The van der Waals surface area contributed by atoms with Gasteiger partial charge in [0.2, 0.25) is 11.8 Å². The number of nitrogens with one attached hydrogen (secondary N) is 1. The summed E-state index contributed by atoms with van der Waals surface area (Å²) in [7, 11) is 0. The van der Waals surface area contributed by atoms with Crippen LogP contribution in [0, 0.1) is 5.92 Å². The number of hydrogen-bond acceptors (Lipinski definition) is 4. The lowest BCUT2D eigenvalue weighted by Crippen LogP contribution is -2.47. The van der Waals surface area contributed by atoms with Crippen molar-refractivity contribution in [1.29, 1.82) is 0 Å². The van der Waals surface area contributed by atoms with Crippen molar-refractivity contribution in [2.75, 3.05) is 32.7 Å². The smallest absolute Gasteiger partial charge is 0.318 e. The zero-order chi connectivity index (χ0) is 15.2. The monoisotopic (exact) mass is 296 g/mol. The first kappa shape index (κ1) is 15.8. The van der Waals surface area contributed by atoms with Gasteiger partial charge < -0.3 is 10.6 Å². The second kappa shape index (κ2) is 7.40. The number of carbonyl (C=O) groups is 3. The summed E-state index contributed by atoms with van der Waals surface area (Å²) in [5, 5.41) is 2.06. The molecule has 2 heterocycles. The summed E-state index contributed by atoms with van der Waals surface area (Å²) in [5.41, 5.74) is 4.90. The van der Waals surface area contributed by atoms with Crippen molar-refractivity contribution in [1.82, 2.24) is 15.1 Å². The summed E-state index contributed by atoms with van der Waals surface area (Å²) in [4.78, 5) is 38.4. The van der Waals surface area contributed by atoms with Gasteiger partial charge in [-0.1, -0.05) is 0 Å². The largest absolute Gasteiger partial charge is 0.351 e. The Morgan fingerprint density at radius 3 is 2.19 bits per heavy atom. The van der Waals surface area contributed by atoms with Gasteiger partial charge in [-0.2, -0.15) is 0 Å². The third-order valence-electron chi connectivity index (χ3n) is 4.23. The number of carbonyl (C=O) groups excluding carboxylic acids is 3. The second-order valence-electron chi connectivity index (χ2n) is 5.85. The number of piperidine rings is 2. The van der Waals surface area contributed by atoms with E-state index in [9.17, 15) is 14.4 Å². The van der Waals surface area contributed by atoms with Crippen LogP contribution in [0.5, 0.6) is 0 Å². The quantitative estimate of drug-likeness (QED) is 0.760. The number of rotatable bonds is 3. The summed E-state index contributed by atoms with van der Waals surface area (Å²) in [5.74, 6) is -0.0298. The molecule has 2 aliphatic rings. The maximum absolute atomic E-state index is 12.4. The van der Waals surface area contributed by atoms with Gasteiger partial charge in [-0.3, -0.25) is 19.8 Å². The Balaban J connectivity index is 1.73. The molecule has 2 rings (SSSR count). The minimum Gasteiger partial charge on any atom is -0.351 e. The molecule has 0 saturated carbocycles. The number of nitrogens with zero attached hydrogens (tertiary/aromatic N) is 2. The Labute approximate surface area is 124 Å². The third-order valence-corrected chi connectivity index (χ3v) is 4.23. The van der Waals surface area contributed by atoms with E-state index >= 15 is 0 Å². The first-order valence-electron chi connectivity index (χ1n) is 7.66. The van der Waals surface area contributed by atoms with Crippen LogP contribution >= 0.6 is 0 Å². The van der Waals surface area contributed by atoms with Crippen LogP contribution in [0.1, 0.15) is 32.1 Å². The molecule has 0 atom stereocenters. The van der Waals surface area contributed by atoms with E-state index in [4.69, 9.17) is 5.73 Å². The lowest BCUT2D eigenvalue weighted by molar-refractivity contribution is -0.138. The van der Waals surface area contributed by atoms with Crippen molar-refractivity contribution in [3.8, 4) is 0 Å². The molecule has 4 amide bonds. The molecule has 0 bridgehead atoms. The predicted molar refractivity (Wildman–Crippen MR) is 77.3 cm³/mol. The van der Waals surface area contributed by atoms with E-state index in [1.165, 1.54) is 6.42 Å². The highest BCUT2D eigenvalue weighted by molar-refractivity contribution is 5.94. The van der Waals surface area contributed by atoms with Crippen LogP contribution in [0.3, 0.4) is 0 Å². The lowest BCUT2D eigenvalue weighted by Gasteiger charge is -2.35. The molecule has 2 saturated heterocycles. The van der Waals surface area contributed by atoms with Crippen LogP contribution in [0.4, 0.5) is 4.79 Å². The topological polar surface area (TPSA) is 95.7 Å². The van der Waals surface area contributed by atoms with E-state index in [1.807, 2.05) is 9.80 Å². The minimum atomic E-state index is -0.824. The lowest BCUT2D eigenvalue weighted by atomic mass is 9.94. The third kappa shape index (κ3) is 4.70. The van der Waals surface area contributed by atoms with E-state index in [1.54, 1.807) is 0 Å². The second-order valence-corrected chi connectivity index (χ2v) is 5.85. The molecule has 0 spiro atoms. The average molecular weight is 296 g/mol. The zero-order valence-corrected chi connectivity index (χ0v) is 12.3. The fourth-order valence-corrected chi connectivity index (χ4v) is 3.09. The van der Waals surface area contributed by atoms with Crippen molar-refractivity contribution in [2.24, 2.45) is 11.7 Å². The Morgan fingerprint density at radius 2 is 1.62 bits per heavy atom. The molecule has 7 nitrogen and oxygen atoms in total. The fourth-order valence-electron chi connectivity index (χ4n) is 3.09. The van der Waals surface area contributed by atoms with Crippen LogP contribution in [0.15, 0.2) is 0 Å². The minimum absolute atomic E-state index is 0.0820. The van der Waals surface area contributed by atoms with Crippen molar-refractivity contribution in [3.05, 3.63) is 0 Å². The Kier molecular flexibility index (Phi) is 5.55. The van der Waals surface area contributed by atoms with Gasteiger partial charge in [0.1, 0.15) is 0 Å². The van der Waals surface area contributed by atoms with Crippen molar-refractivity contribution < 1.29 is 14.4 Å². The Bertz CT molecular complexity index is 399. The van der Waals surface area contributed by atoms with Crippen molar-refractivity contribution in [2.45, 2.75) is 32.1 Å². The molecular formula is C14H24N4O3. The maximum Gasteiger partial charge on any atom is 0.318 e. The summed E-state index contributed by atoms with van der Waals surface area (Å²) < 4.78 is 0. The van der Waals surface area contributed by atoms with Crippen LogP contribution in [-0.2, 0) is 9.59 Å². The molecule has 3 N–H and O–H groups in total. The maximum atomic E-state index is 12.4. The van der Waals surface area contributed by atoms with Crippen LogP contribution < -0.4 is 11.1 Å². The van der Waals surface area contributed by atoms with Crippen LogP contribution in [-0.4, -0.2) is 60.4 Å². The standard InChI is InChI=1S/C14H24N4O3/c15-14(21)16-12(19)10-17-8-4-11(5-9-17)13(20)18-6-2-1-3-7-18/h11H,1-10H2,(H3,15,16,19,21). The van der Waals surface area contributed by atoms with Gasteiger partial charge in [0.25, 0.3) is 0 Å². The fraction of sp³-hybridized carbons (Fsp3) is 0.786. The number of primary amides is 1. The van der Waals surface area contributed by atoms with Crippen LogP contribution in [0.2, 0.25) is 0 Å². The first-order chi connectivity index (χ1) is 10.1. The van der Waals surface area contributed by atoms with Gasteiger partial charge in [0.05, 0.1) is 6.54 Å². The van der Waals surface area contributed by atoms with E-state index in [0.717, 1.165) is 38.8 Å². The van der Waals surface area contributed by atoms with Gasteiger partial charge >= 0.3 is 6.03 Å². The van der Waals surface area contributed by atoms with Crippen LogP contribution in [0.25, 0.3) is 0 Å². The molecule has 0 unspecified atom stereocenters. The molecule has 0 aliphatic carbocycles. The first-order valence-corrected chi connectivity index (χ1v) is 7.66. The summed E-state index contributed by atoms with van der Waals surface area (Å²) in [6, 6.07) is -0.824. The predicted octanol–water partition coefficient (Wildman–Crippen LogP) is -0.0942. The Hall–Kier alpha value is -1.63. The van der Waals surface area contributed by atoms with Crippen molar-refractivity contribution >= 4 is 17.8 Å². The summed E-state index contributed by atoms with van der Waals surface area (Å²) in [6.45, 7) is 3.35. The highest BCUT2D eigenvalue weighted by Crippen LogP contribution is 2.21. The molecule has 0 aromatic heterocycles. The van der Waals surface area contributed by atoms with E-state index in [2.05, 4.69) is 5.32 Å². The SMILES string of the molecule is NC(=O)NC(=O)CN1CCC(C(=O)N2CCCCC2)CC1. The zero-order valence-electron chi connectivity index (χ0n) is 12.3. The molecule has 21 heavy (non-hydrogen) atoms. The van der Waals surface area contributed by atoms with Gasteiger partial charge in [-0.25, -0.2) is 4.79 Å². The molecule has 0 radical (unpaired) electrons. The molecule has 0 aromatic rings. The Morgan fingerprint density at radius 1 is 1.00 bits per heavy atom. The number of hydrogen-bond donors (Lipinski definition) is 2. The summed E-state index contributed by atoms with van der Waals surface area (Å²) in [6.07, 6.45) is 4.99. The molecule has 2 aliphatic heterocycles. The number of urea groups is 1. The molecule has 2 fully saturated rings. The number of likely N-dealkylation sites (tertiary alicyclic amines) is 2. The van der Waals surface area contributed by atoms with Gasteiger partial charge in [-0.05, 0) is 45.2 Å². The van der Waals surface area contributed by atoms with E-state index in [-0.39, 0.29) is 24.3 Å². The van der Waals surface area contributed by atoms with Crippen molar-refractivity contribution in [3.63, 3.8) is 0 Å². The van der Waals surface area contributed by atoms with E-state index < -0.39 is 6.03 Å². The molecule has 7 heteroatoms. The van der Waals surface area contributed by atoms with Gasteiger partial charge in [0, 0.05) is 19.0 Å². The highest BCUT2D eigenvalue weighted by atomic mass is 16.2. The average Bonchev–Trinajstić information content (AvgIpc) is 2.47. The molecular weight excluding hydrogens is 272 g/mol. The summed E-state index contributed by atoms with van der Waals surface area (Å²) >= 11 is 0. The van der Waals surface area contributed by atoms with Gasteiger partial charge in [0.15, 0.2) is 0 Å². The van der Waals surface area contributed by atoms with Gasteiger partial charge in [-0.15, -0.1) is 0 Å². The number of imide groups is 1. The number of nitrogens with two attached hydrogens (primary N) is 1.